The van der Waals surface area contributed by atoms with Crippen LogP contribution >= 0.6 is 0 Å². The van der Waals surface area contributed by atoms with Crippen molar-refractivity contribution >= 4 is 0 Å². The standard InChI is InChI=1S/C11H12O4/c1-7-6-10(12)14-8(2)4-5-9(3)15-11(7)13/h4-6H,1-3H3. The van der Waals surface area contributed by atoms with E-state index in [2.05, 4.69) is 0 Å². The van der Waals surface area contributed by atoms with Gasteiger partial charge in [0.15, 0.2) is 0 Å². The van der Waals surface area contributed by atoms with Crippen LogP contribution in [0, 0.1) is 20.8 Å². The van der Waals surface area contributed by atoms with E-state index in [1.54, 1.807) is 26.0 Å². The lowest BCUT2D eigenvalue weighted by atomic mass is 10.4. The lowest BCUT2D eigenvalue weighted by Gasteiger charge is -1.88. The molecule has 0 aromatic carbocycles. The summed E-state index contributed by atoms with van der Waals surface area (Å²) < 4.78 is 9.82. The summed E-state index contributed by atoms with van der Waals surface area (Å²) in [4.78, 5) is 22.5. The number of hydrogen-bond donors (Lipinski definition) is 0. The van der Waals surface area contributed by atoms with Gasteiger partial charge in [-0.1, -0.05) is 0 Å². The first-order chi connectivity index (χ1) is 6.99. The van der Waals surface area contributed by atoms with E-state index < -0.39 is 11.3 Å². The molecule has 1 rings (SSSR count). The minimum absolute atomic E-state index is 0.211. The zero-order valence-corrected chi connectivity index (χ0v) is 8.87. The van der Waals surface area contributed by atoms with Crippen LogP contribution in [0.5, 0.6) is 0 Å². The molecule has 0 spiro atoms. The Morgan fingerprint density at radius 2 is 1.47 bits per heavy atom. The van der Waals surface area contributed by atoms with Gasteiger partial charge in [-0.3, -0.25) is 0 Å². The molecule has 4 nitrogen and oxygen atoms in total. The summed E-state index contributed by atoms with van der Waals surface area (Å²) >= 11 is 0. The van der Waals surface area contributed by atoms with E-state index in [4.69, 9.17) is 8.83 Å². The Balaban J connectivity index is 3.71. The monoisotopic (exact) mass is 208 g/mol. The topological polar surface area (TPSA) is 60.4 Å². The van der Waals surface area contributed by atoms with Crippen molar-refractivity contribution in [3.8, 4) is 0 Å². The highest BCUT2D eigenvalue weighted by Crippen LogP contribution is 1.92. The van der Waals surface area contributed by atoms with Gasteiger partial charge in [-0.2, -0.15) is 0 Å². The van der Waals surface area contributed by atoms with Crippen molar-refractivity contribution in [2.45, 2.75) is 20.8 Å². The van der Waals surface area contributed by atoms with Crippen LogP contribution in [-0.4, -0.2) is 0 Å². The summed E-state index contributed by atoms with van der Waals surface area (Å²) in [5.74, 6) is 0.895. The van der Waals surface area contributed by atoms with Crippen molar-refractivity contribution in [2.75, 3.05) is 0 Å². The fraction of sp³-hybridized carbons (Fsp3) is 0.273. The van der Waals surface area contributed by atoms with Crippen molar-refractivity contribution in [1.29, 1.82) is 0 Å². The van der Waals surface area contributed by atoms with Crippen LogP contribution in [0.3, 0.4) is 0 Å². The predicted octanol–water partition coefficient (Wildman–Crippen LogP) is 1.64. The summed E-state index contributed by atoms with van der Waals surface area (Å²) in [5, 5.41) is 0. The van der Waals surface area contributed by atoms with E-state index in [-0.39, 0.29) is 5.56 Å². The van der Waals surface area contributed by atoms with Gasteiger partial charge in [-0.15, -0.1) is 0 Å². The molecule has 0 bridgehead atoms. The third kappa shape index (κ3) is 3.42. The minimum atomic E-state index is -0.578. The van der Waals surface area contributed by atoms with Gasteiger partial charge in [-0.25, -0.2) is 9.59 Å². The summed E-state index contributed by atoms with van der Waals surface area (Å²) in [6.07, 6.45) is 0. The summed E-state index contributed by atoms with van der Waals surface area (Å²) in [7, 11) is 0. The maximum absolute atomic E-state index is 11.3. The molecular formula is C11H12O4. The fourth-order valence-electron chi connectivity index (χ4n) is 0.953. The zero-order chi connectivity index (χ0) is 11.4. The second-order valence-electron chi connectivity index (χ2n) is 3.19. The lowest BCUT2D eigenvalue weighted by Crippen LogP contribution is -2.05. The molecule has 15 heavy (non-hydrogen) atoms. The molecule has 0 radical (unpaired) electrons. The van der Waals surface area contributed by atoms with Crippen molar-refractivity contribution < 1.29 is 8.83 Å². The molecule has 0 aliphatic heterocycles. The molecule has 80 valence electrons. The van der Waals surface area contributed by atoms with Crippen LogP contribution in [0.4, 0.5) is 0 Å². The van der Waals surface area contributed by atoms with Crippen LogP contribution in [-0.2, 0) is 0 Å². The van der Waals surface area contributed by atoms with E-state index in [0.717, 1.165) is 6.07 Å². The maximum atomic E-state index is 11.3. The fourth-order valence-corrected chi connectivity index (χ4v) is 0.953. The normalized spacial score (nSPS) is 9.53. The second-order valence-corrected chi connectivity index (χ2v) is 3.19. The van der Waals surface area contributed by atoms with E-state index in [0.29, 0.717) is 11.5 Å². The predicted molar refractivity (Wildman–Crippen MR) is 55.4 cm³/mol. The van der Waals surface area contributed by atoms with E-state index in [1.807, 2.05) is 0 Å². The van der Waals surface area contributed by atoms with Crippen LogP contribution in [0.2, 0.25) is 0 Å². The smallest absolute Gasteiger partial charge is 0.339 e. The van der Waals surface area contributed by atoms with Crippen molar-refractivity contribution in [3.63, 3.8) is 0 Å². The van der Waals surface area contributed by atoms with Crippen molar-refractivity contribution in [3.05, 3.63) is 56.1 Å². The Bertz CT molecular complexity index is 521. The average Bonchev–Trinajstić information content (AvgIpc) is 2.13. The molecule has 0 amide bonds. The largest absolute Gasteiger partial charge is 0.428 e. The van der Waals surface area contributed by atoms with Crippen molar-refractivity contribution in [2.24, 2.45) is 0 Å². The summed E-state index contributed by atoms with van der Waals surface area (Å²) in [5.41, 5.74) is -0.915. The van der Waals surface area contributed by atoms with Gasteiger partial charge in [0.05, 0.1) is 0 Å². The first kappa shape index (κ1) is 11.2. The molecule has 0 saturated carbocycles. The van der Waals surface area contributed by atoms with Crippen LogP contribution in [0.1, 0.15) is 17.1 Å². The van der Waals surface area contributed by atoms with Gasteiger partial charge in [0.25, 0.3) is 0 Å². The third-order valence-corrected chi connectivity index (χ3v) is 1.72. The molecule has 0 aliphatic carbocycles. The molecule has 1 aromatic rings. The Labute approximate surface area is 86.5 Å². The molecule has 0 fully saturated rings. The molecule has 0 unspecified atom stereocenters. The highest BCUT2D eigenvalue weighted by atomic mass is 16.4. The molecule has 1 aromatic heterocycles. The SMILES string of the molecule is Cc1ccc(C)oc(=O)c(C)cc(=O)o1. The molecule has 0 N–H and O–H groups in total. The Hall–Kier alpha value is -1.84. The third-order valence-electron chi connectivity index (χ3n) is 1.72. The Morgan fingerprint density at radius 1 is 0.933 bits per heavy atom. The molecule has 1 heterocycles. The molecule has 0 saturated heterocycles. The van der Waals surface area contributed by atoms with Gasteiger partial charge >= 0.3 is 11.3 Å². The summed E-state index contributed by atoms with van der Waals surface area (Å²) in [6.45, 7) is 4.80. The Morgan fingerprint density at radius 3 is 2.07 bits per heavy atom. The van der Waals surface area contributed by atoms with Gasteiger partial charge < -0.3 is 8.83 Å². The number of aryl methyl sites for hydroxylation is 3. The zero-order valence-electron chi connectivity index (χ0n) is 8.87. The molecule has 0 atom stereocenters. The van der Waals surface area contributed by atoms with Gasteiger partial charge in [0.1, 0.15) is 11.5 Å². The second kappa shape index (κ2) is 4.59. The highest BCUT2D eigenvalue weighted by Gasteiger charge is 1.93. The van der Waals surface area contributed by atoms with Gasteiger partial charge in [0, 0.05) is 11.6 Å². The molecule has 0 aliphatic rings. The van der Waals surface area contributed by atoms with Crippen molar-refractivity contribution in [1.82, 2.24) is 0 Å². The highest BCUT2D eigenvalue weighted by molar-refractivity contribution is 5.02. The summed E-state index contributed by atoms with van der Waals surface area (Å²) in [6, 6.07) is 4.24. The van der Waals surface area contributed by atoms with E-state index >= 15 is 0 Å². The lowest BCUT2D eigenvalue weighted by molar-refractivity contribution is 0.467. The van der Waals surface area contributed by atoms with E-state index in [1.165, 1.54) is 6.92 Å². The van der Waals surface area contributed by atoms with Crippen LogP contribution < -0.4 is 11.3 Å². The minimum Gasteiger partial charge on any atom is -0.428 e. The Kier molecular flexibility index (Phi) is 3.44. The molecule has 4 heteroatoms. The van der Waals surface area contributed by atoms with Gasteiger partial charge in [0.2, 0.25) is 0 Å². The molecular weight excluding hydrogens is 196 g/mol. The number of rotatable bonds is 0. The maximum Gasteiger partial charge on any atom is 0.339 e. The average molecular weight is 208 g/mol. The first-order valence-corrected chi connectivity index (χ1v) is 4.46. The van der Waals surface area contributed by atoms with Crippen LogP contribution in [0.25, 0.3) is 0 Å². The van der Waals surface area contributed by atoms with Crippen LogP contribution in [0.15, 0.2) is 36.6 Å². The quantitative estimate of drug-likeness (QED) is 0.650. The van der Waals surface area contributed by atoms with Gasteiger partial charge in [-0.05, 0) is 32.9 Å². The van der Waals surface area contributed by atoms with E-state index in [9.17, 15) is 9.59 Å². The first-order valence-electron chi connectivity index (χ1n) is 4.46. The number of hydrogen-bond acceptors (Lipinski definition) is 4.